The van der Waals surface area contributed by atoms with Crippen molar-refractivity contribution in [3.05, 3.63) is 134 Å². The van der Waals surface area contributed by atoms with E-state index < -0.39 is 6.98 Å². The molecule has 6 nitrogen and oxygen atoms in total. The monoisotopic (exact) mass is 753 g/mol. The van der Waals surface area contributed by atoms with Crippen molar-refractivity contribution < 1.29 is 34.3 Å². The van der Waals surface area contributed by atoms with Crippen molar-refractivity contribution in [1.29, 1.82) is 0 Å². The van der Waals surface area contributed by atoms with Gasteiger partial charge in [-0.1, -0.05) is 54.0 Å². The van der Waals surface area contributed by atoms with Gasteiger partial charge < -0.3 is 23.5 Å². The number of hydrogen-bond donors (Lipinski definition) is 0. The minimum Gasteiger partial charge on any atom is -0.509 e. The van der Waals surface area contributed by atoms with Crippen LogP contribution in [0.5, 0.6) is 11.5 Å². The van der Waals surface area contributed by atoms with Crippen molar-refractivity contribution in [2.24, 2.45) is 0 Å². The van der Waals surface area contributed by atoms with E-state index in [0.29, 0.717) is 28.7 Å². The second-order valence-corrected chi connectivity index (χ2v) is 10.4. The summed E-state index contributed by atoms with van der Waals surface area (Å²) in [6, 6.07) is 41.8. The fraction of sp³-hybridized carbons (Fsp3) is 0.0270. The number of pyridine rings is 1. The maximum absolute atomic E-state index is 8.00. The molecule has 9 rings (SSSR count). The van der Waals surface area contributed by atoms with Gasteiger partial charge in [0, 0.05) is 76.6 Å². The minimum absolute atomic E-state index is 0. The Labute approximate surface area is 272 Å². The van der Waals surface area contributed by atoms with E-state index in [4.69, 9.17) is 18.3 Å². The number of benzene rings is 5. The zero-order chi connectivity index (χ0) is 31.0. The largest absolute Gasteiger partial charge is 0.509 e. The van der Waals surface area contributed by atoms with Crippen molar-refractivity contribution in [3.8, 4) is 17.3 Å². The van der Waals surface area contributed by atoms with Crippen molar-refractivity contribution in [1.82, 2.24) is 9.55 Å². The zero-order valence-electron chi connectivity index (χ0n) is 26.0. The smallest absolute Gasteiger partial charge is 0.140 e. The van der Waals surface area contributed by atoms with Crippen molar-refractivity contribution in [2.75, 3.05) is 16.8 Å². The molecule has 0 spiro atoms. The Morgan fingerprint density at radius 3 is 2.45 bits per heavy atom. The molecule has 1 aliphatic heterocycles. The Bertz CT molecular complexity index is 2470. The van der Waals surface area contributed by atoms with Crippen LogP contribution in [0.2, 0.25) is 0 Å². The van der Waals surface area contributed by atoms with Gasteiger partial charge in [0.2, 0.25) is 0 Å². The third-order valence-electron chi connectivity index (χ3n) is 7.90. The van der Waals surface area contributed by atoms with Gasteiger partial charge in [0.1, 0.15) is 17.0 Å². The number of para-hydroxylation sites is 4. The maximum atomic E-state index is 8.00. The summed E-state index contributed by atoms with van der Waals surface area (Å²) in [6.07, 6.45) is 1.86. The fourth-order valence-corrected chi connectivity index (χ4v) is 5.96. The number of nitrogens with zero attached hydrogens (tertiary/aromatic N) is 4. The Morgan fingerprint density at radius 1 is 0.750 bits per heavy atom. The quantitative estimate of drug-likeness (QED) is 0.168. The molecule has 216 valence electrons. The second kappa shape index (κ2) is 10.3. The number of furan rings is 1. The molecule has 0 saturated carbocycles. The van der Waals surface area contributed by atoms with Crippen molar-refractivity contribution in [2.45, 2.75) is 0 Å². The molecule has 0 aliphatic carbocycles. The fourth-order valence-electron chi connectivity index (χ4n) is 5.96. The first-order valence-corrected chi connectivity index (χ1v) is 13.9. The summed E-state index contributed by atoms with van der Waals surface area (Å²) in [7, 11) is 0. The molecule has 0 N–H and O–H groups in total. The molecule has 4 heterocycles. The molecule has 0 atom stereocenters. The molecule has 5 aromatic carbocycles. The first kappa shape index (κ1) is 23.4. The molecule has 7 heteroatoms. The third kappa shape index (κ3) is 4.09. The summed E-state index contributed by atoms with van der Waals surface area (Å²) in [6.45, 7) is -0.749. The Balaban J connectivity index is 0.00000324. The van der Waals surface area contributed by atoms with Crippen LogP contribution in [0.1, 0.15) is 4.11 Å². The average Bonchev–Trinajstić information content (AvgIpc) is 3.74. The summed E-state index contributed by atoms with van der Waals surface area (Å²) in [5.74, 6) is 1.68. The van der Waals surface area contributed by atoms with Crippen LogP contribution >= 0.6 is 0 Å². The number of hydrogen-bond acceptors (Lipinski definition) is 5. The summed E-state index contributed by atoms with van der Waals surface area (Å²) >= 11 is 0. The van der Waals surface area contributed by atoms with E-state index in [2.05, 4.69) is 28.8 Å². The average molecular weight is 754 g/mol. The minimum atomic E-state index is -2.33. The Kier molecular flexibility index (Phi) is 5.47. The molecule has 0 amide bonds. The van der Waals surface area contributed by atoms with Crippen LogP contribution < -0.4 is 14.5 Å². The molecule has 8 aromatic rings. The third-order valence-corrected chi connectivity index (χ3v) is 7.90. The molecule has 0 unspecified atom stereocenters. The normalized spacial score (nSPS) is 14.0. The first-order chi connectivity index (χ1) is 22.4. The van der Waals surface area contributed by atoms with Gasteiger partial charge in [-0.15, -0.1) is 41.4 Å². The van der Waals surface area contributed by atoms with E-state index in [1.807, 2.05) is 97.2 Å². The van der Waals surface area contributed by atoms with Gasteiger partial charge in [0.15, 0.2) is 0 Å². The van der Waals surface area contributed by atoms with Crippen LogP contribution in [-0.4, -0.2) is 16.5 Å². The number of anilines is 3. The summed E-state index contributed by atoms with van der Waals surface area (Å²) < 4.78 is 38.6. The molecule has 44 heavy (non-hydrogen) atoms. The van der Waals surface area contributed by atoms with E-state index in [-0.39, 0.29) is 21.1 Å². The molecule has 0 saturated heterocycles. The van der Waals surface area contributed by atoms with Crippen molar-refractivity contribution >= 4 is 60.8 Å². The predicted molar refractivity (Wildman–Crippen MR) is 171 cm³/mol. The molecular formula is C37H23N4O2Pt-3. The topological polar surface area (TPSA) is 46.7 Å². The number of rotatable bonds is 4. The zero-order valence-corrected chi connectivity index (χ0v) is 25.2. The van der Waals surface area contributed by atoms with Crippen LogP contribution in [-0.2, 0) is 21.1 Å². The van der Waals surface area contributed by atoms with Crippen LogP contribution in [0.4, 0.5) is 17.1 Å². The van der Waals surface area contributed by atoms with Gasteiger partial charge in [-0.25, -0.2) is 4.98 Å². The SMILES string of the molecule is [2H]C([2H])([2H])N1[CH-]N(c2[c-]c(Oc3[c-]c4c(cc3)c3ccccc3n4-c3cc4oc5ccccc5c4cn3)ccc2)c2ccccc21.[Pt]. The molecular weight excluding hydrogens is 728 g/mol. The molecule has 0 radical (unpaired) electrons. The second-order valence-electron chi connectivity index (χ2n) is 10.4. The van der Waals surface area contributed by atoms with E-state index >= 15 is 0 Å². The maximum Gasteiger partial charge on any atom is 0.140 e. The summed E-state index contributed by atoms with van der Waals surface area (Å²) in [4.78, 5) is 7.96. The molecule has 1 aliphatic rings. The standard InChI is InChI=1S/C37H23N4O2.Pt/c1-39-23-40(33-15-6-5-14-32(33)39)24-9-8-10-25(19-24)42-26-17-18-28-27-11-2-4-13-31(27)41(34(28)20-26)37-21-36-30(22-38-37)29-12-3-7-16-35(29)43-36;/h2-18,21-23H,1H3;/q-3;/i1D3;. The van der Waals surface area contributed by atoms with Gasteiger partial charge in [0.05, 0.1) is 0 Å². The molecule has 0 bridgehead atoms. The Morgan fingerprint density at radius 2 is 1.55 bits per heavy atom. The Hall–Kier alpha value is -5.06. The predicted octanol–water partition coefficient (Wildman–Crippen LogP) is 9.18. The van der Waals surface area contributed by atoms with Crippen LogP contribution in [0.25, 0.3) is 49.6 Å². The number of ether oxygens (including phenoxy) is 1. The van der Waals surface area contributed by atoms with Gasteiger partial charge in [-0.3, -0.25) is 0 Å². The first-order valence-electron chi connectivity index (χ1n) is 15.4. The molecule has 3 aromatic heterocycles. The van der Waals surface area contributed by atoms with E-state index in [9.17, 15) is 0 Å². The van der Waals surface area contributed by atoms with Gasteiger partial charge in [-0.2, -0.15) is 18.8 Å². The van der Waals surface area contributed by atoms with E-state index in [1.165, 1.54) is 4.90 Å². The van der Waals surface area contributed by atoms with Gasteiger partial charge >= 0.3 is 0 Å². The van der Waals surface area contributed by atoms with E-state index in [1.54, 1.807) is 17.6 Å². The van der Waals surface area contributed by atoms with Crippen LogP contribution in [0, 0.1) is 18.8 Å². The van der Waals surface area contributed by atoms with Gasteiger partial charge in [0.25, 0.3) is 0 Å². The summed E-state index contributed by atoms with van der Waals surface area (Å²) in [5, 5.41) is 4.08. The number of fused-ring (bicyclic) bond motifs is 7. The van der Waals surface area contributed by atoms with Crippen LogP contribution in [0.15, 0.2) is 120 Å². The van der Waals surface area contributed by atoms with E-state index in [0.717, 1.165) is 49.4 Å². The molecule has 0 fully saturated rings. The van der Waals surface area contributed by atoms with Crippen LogP contribution in [0.3, 0.4) is 0 Å². The number of aromatic nitrogens is 2. The van der Waals surface area contributed by atoms with Gasteiger partial charge in [-0.05, 0) is 36.6 Å². The summed E-state index contributed by atoms with van der Waals surface area (Å²) in [5.41, 5.74) is 5.38. The van der Waals surface area contributed by atoms with Crippen molar-refractivity contribution in [3.63, 3.8) is 0 Å².